The lowest BCUT2D eigenvalue weighted by atomic mass is 10.2. The normalized spacial score (nSPS) is 11.1. The van der Waals surface area contributed by atoms with E-state index >= 15 is 0 Å². The van der Waals surface area contributed by atoms with E-state index in [1.165, 1.54) is 12.1 Å². The van der Waals surface area contributed by atoms with Crippen LogP contribution in [-0.4, -0.2) is 34.2 Å². The Bertz CT molecular complexity index is 511. The Kier molecular flexibility index (Phi) is 5.78. The lowest BCUT2D eigenvalue weighted by Gasteiger charge is -2.08. The third kappa shape index (κ3) is 5.27. The smallest absolute Gasteiger partial charge is 0.328 e. The van der Waals surface area contributed by atoms with Gasteiger partial charge in [-0.05, 0) is 26.0 Å². The highest BCUT2D eigenvalue weighted by Crippen LogP contribution is 2.09. The van der Waals surface area contributed by atoms with Crippen LogP contribution in [0, 0.1) is 6.92 Å². The Morgan fingerprint density at radius 1 is 1.26 bits per heavy atom. The number of aryl methyl sites for hydroxylation is 1. The van der Waals surface area contributed by atoms with Crippen LogP contribution in [0.15, 0.2) is 29.2 Å². The molecule has 7 heteroatoms. The van der Waals surface area contributed by atoms with Gasteiger partial charge in [-0.15, -0.1) is 0 Å². The van der Waals surface area contributed by atoms with E-state index in [1.807, 2.05) is 18.6 Å². The molecule has 0 aliphatic carbocycles. The minimum atomic E-state index is -3.82. The first kappa shape index (κ1) is 15.5. The summed E-state index contributed by atoms with van der Waals surface area (Å²) in [5.41, 5.74) is 0.945. The third-order valence-corrected chi connectivity index (χ3v) is 3.64. The molecule has 0 saturated carbocycles. The van der Waals surface area contributed by atoms with Crippen molar-refractivity contribution in [1.29, 1.82) is 0 Å². The molecule has 1 aromatic carbocycles. The van der Waals surface area contributed by atoms with Crippen molar-refractivity contribution in [1.82, 2.24) is 10.0 Å². The number of nitrogens with one attached hydrogen (secondary N) is 2. The fraction of sp³-hybridized carbons (Fsp3) is 0.417. The van der Waals surface area contributed by atoms with Crippen LogP contribution in [0.2, 0.25) is 0 Å². The van der Waals surface area contributed by atoms with Crippen LogP contribution in [0.4, 0.5) is 4.79 Å². The van der Waals surface area contributed by atoms with E-state index in [2.05, 4.69) is 5.32 Å². The van der Waals surface area contributed by atoms with E-state index in [1.54, 1.807) is 12.1 Å². The monoisotopic (exact) mass is 286 g/mol. The Morgan fingerprint density at radius 3 is 2.47 bits per heavy atom. The molecular formula is C12H18N2O4S. The van der Waals surface area contributed by atoms with E-state index in [9.17, 15) is 13.2 Å². The van der Waals surface area contributed by atoms with Crippen molar-refractivity contribution < 1.29 is 17.9 Å². The van der Waals surface area contributed by atoms with Crippen LogP contribution in [-0.2, 0) is 14.8 Å². The van der Waals surface area contributed by atoms with Gasteiger partial charge in [0.25, 0.3) is 10.0 Å². The van der Waals surface area contributed by atoms with Crippen LogP contribution in [0.3, 0.4) is 0 Å². The molecule has 0 bridgehead atoms. The minimum absolute atomic E-state index is 0.0538. The fourth-order valence-electron chi connectivity index (χ4n) is 1.32. The number of carbonyl (C=O) groups excluding carboxylic acids is 1. The van der Waals surface area contributed by atoms with Gasteiger partial charge >= 0.3 is 6.03 Å². The molecule has 0 aliphatic rings. The minimum Gasteiger partial charge on any atom is -0.380 e. The Morgan fingerprint density at radius 2 is 1.89 bits per heavy atom. The molecule has 19 heavy (non-hydrogen) atoms. The quantitative estimate of drug-likeness (QED) is 0.765. The Labute approximate surface area is 113 Å². The molecule has 0 fully saturated rings. The largest absolute Gasteiger partial charge is 0.380 e. The van der Waals surface area contributed by atoms with E-state index in [-0.39, 0.29) is 11.4 Å². The number of amides is 2. The number of hydrogen-bond donors (Lipinski definition) is 2. The summed E-state index contributed by atoms with van der Waals surface area (Å²) in [6, 6.07) is 5.47. The number of sulfonamides is 1. The highest BCUT2D eigenvalue weighted by atomic mass is 32.2. The molecule has 0 heterocycles. The average molecular weight is 286 g/mol. The van der Waals surface area contributed by atoms with Crippen LogP contribution >= 0.6 is 0 Å². The maximum Gasteiger partial charge on any atom is 0.328 e. The molecule has 2 amide bonds. The molecule has 2 N–H and O–H groups in total. The molecule has 0 spiro atoms. The lowest BCUT2D eigenvalue weighted by Crippen LogP contribution is -2.40. The number of benzene rings is 1. The van der Waals surface area contributed by atoms with Gasteiger partial charge in [-0.2, -0.15) is 0 Å². The summed E-state index contributed by atoms with van der Waals surface area (Å²) >= 11 is 0. The van der Waals surface area contributed by atoms with Gasteiger partial charge in [0.2, 0.25) is 0 Å². The lowest BCUT2D eigenvalue weighted by molar-refractivity contribution is 0.150. The predicted octanol–water partition coefficient (Wildman–Crippen LogP) is 1.02. The van der Waals surface area contributed by atoms with Crippen molar-refractivity contribution in [2.24, 2.45) is 0 Å². The summed E-state index contributed by atoms with van der Waals surface area (Å²) in [4.78, 5) is 11.5. The summed E-state index contributed by atoms with van der Waals surface area (Å²) in [6.45, 7) is 4.83. The van der Waals surface area contributed by atoms with Gasteiger partial charge in [-0.25, -0.2) is 17.9 Å². The summed E-state index contributed by atoms with van der Waals surface area (Å²) in [6.07, 6.45) is 0. The van der Waals surface area contributed by atoms with Crippen molar-refractivity contribution >= 4 is 16.1 Å². The fourth-order valence-corrected chi connectivity index (χ4v) is 2.24. The van der Waals surface area contributed by atoms with Gasteiger partial charge in [0.1, 0.15) is 0 Å². The SMILES string of the molecule is CCOCCNC(=O)NS(=O)(=O)c1ccc(C)cc1. The Balaban J connectivity index is 2.55. The number of ether oxygens (including phenoxy) is 1. The van der Waals surface area contributed by atoms with Crippen LogP contribution in [0.5, 0.6) is 0 Å². The summed E-state index contributed by atoms with van der Waals surface area (Å²) in [7, 11) is -3.82. The molecule has 0 saturated heterocycles. The number of rotatable bonds is 6. The predicted molar refractivity (Wildman–Crippen MR) is 71.4 cm³/mol. The van der Waals surface area contributed by atoms with Gasteiger partial charge < -0.3 is 10.1 Å². The standard InChI is InChI=1S/C12H18N2O4S/c1-3-18-9-8-13-12(15)14-19(16,17)11-6-4-10(2)5-7-11/h4-7H,3,8-9H2,1-2H3,(H2,13,14,15). The van der Waals surface area contributed by atoms with Gasteiger partial charge in [-0.1, -0.05) is 17.7 Å². The van der Waals surface area contributed by atoms with Crippen molar-refractivity contribution in [3.05, 3.63) is 29.8 Å². The molecule has 0 unspecified atom stereocenters. The highest BCUT2D eigenvalue weighted by molar-refractivity contribution is 7.90. The van der Waals surface area contributed by atoms with Crippen molar-refractivity contribution in [2.75, 3.05) is 19.8 Å². The number of carbonyl (C=O) groups is 1. The molecule has 0 aromatic heterocycles. The summed E-state index contributed by atoms with van der Waals surface area (Å²) in [5, 5.41) is 2.40. The summed E-state index contributed by atoms with van der Waals surface area (Å²) in [5.74, 6) is 0. The van der Waals surface area contributed by atoms with Gasteiger partial charge in [0.15, 0.2) is 0 Å². The summed E-state index contributed by atoms with van der Waals surface area (Å²) < 4.78 is 30.6. The van der Waals surface area contributed by atoms with E-state index in [4.69, 9.17) is 4.74 Å². The van der Waals surface area contributed by atoms with E-state index in [0.717, 1.165) is 5.56 Å². The van der Waals surface area contributed by atoms with Gasteiger partial charge in [0, 0.05) is 13.2 Å². The first-order valence-corrected chi connectivity index (χ1v) is 7.39. The maximum atomic E-state index is 11.8. The molecule has 0 aliphatic heterocycles. The van der Waals surface area contributed by atoms with Crippen LogP contribution in [0.25, 0.3) is 0 Å². The molecule has 0 atom stereocenters. The first-order valence-electron chi connectivity index (χ1n) is 5.91. The maximum absolute atomic E-state index is 11.8. The number of hydrogen-bond acceptors (Lipinski definition) is 4. The van der Waals surface area contributed by atoms with E-state index < -0.39 is 16.1 Å². The molecule has 0 radical (unpaired) electrons. The zero-order valence-corrected chi connectivity index (χ0v) is 11.8. The Hall–Kier alpha value is -1.60. The van der Waals surface area contributed by atoms with Gasteiger partial charge in [-0.3, -0.25) is 0 Å². The second kappa shape index (κ2) is 7.10. The highest BCUT2D eigenvalue weighted by Gasteiger charge is 2.16. The zero-order valence-electron chi connectivity index (χ0n) is 11.0. The van der Waals surface area contributed by atoms with Gasteiger partial charge in [0.05, 0.1) is 11.5 Å². The zero-order chi connectivity index (χ0) is 14.3. The van der Waals surface area contributed by atoms with Crippen LogP contribution in [0.1, 0.15) is 12.5 Å². The van der Waals surface area contributed by atoms with Crippen molar-refractivity contribution in [3.8, 4) is 0 Å². The average Bonchev–Trinajstić information content (AvgIpc) is 2.34. The molecular weight excluding hydrogens is 268 g/mol. The number of urea groups is 1. The van der Waals surface area contributed by atoms with Crippen molar-refractivity contribution in [2.45, 2.75) is 18.7 Å². The molecule has 106 valence electrons. The first-order chi connectivity index (χ1) is 8.95. The third-order valence-electron chi connectivity index (χ3n) is 2.29. The molecule has 6 nitrogen and oxygen atoms in total. The molecule has 1 aromatic rings. The second-order valence-corrected chi connectivity index (χ2v) is 5.55. The van der Waals surface area contributed by atoms with Crippen molar-refractivity contribution in [3.63, 3.8) is 0 Å². The topological polar surface area (TPSA) is 84.5 Å². The molecule has 1 rings (SSSR count). The van der Waals surface area contributed by atoms with Crippen LogP contribution < -0.4 is 10.0 Å². The second-order valence-electron chi connectivity index (χ2n) is 3.87. The van der Waals surface area contributed by atoms with E-state index in [0.29, 0.717) is 13.2 Å².